The zero-order valence-corrected chi connectivity index (χ0v) is 6.08. The molecule has 0 atom stereocenters. The maximum Gasteiger partial charge on any atom is 0.488 e. The molecule has 2 nitrogen and oxygen atoms in total. The molecule has 0 aliphatic carbocycles. The fourth-order valence-corrected chi connectivity index (χ4v) is 0.305. The van der Waals surface area contributed by atoms with Gasteiger partial charge >= 0.3 is 20.0 Å². The minimum atomic E-state index is -4.59. The van der Waals surface area contributed by atoms with Crippen LogP contribution in [-0.2, 0) is 9.31 Å². The van der Waals surface area contributed by atoms with Crippen molar-refractivity contribution in [1.29, 1.82) is 0 Å². The van der Waals surface area contributed by atoms with E-state index in [1.165, 1.54) is 0 Å². The molecule has 0 N–H and O–H groups in total. The highest BCUT2D eigenvalue weighted by Gasteiger charge is 2.29. The van der Waals surface area contributed by atoms with Gasteiger partial charge in [-0.3, -0.25) is 0 Å². The third-order valence-electron chi connectivity index (χ3n) is 0.630. The summed E-state index contributed by atoms with van der Waals surface area (Å²) in [4.78, 5) is 0. The van der Waals surface area contributed by atoms with E-state index in [1.807, 2.05) is 0 Å². The van der Waals surface area contributed by atoms with E-state index in [0.717, 1.165) is 0 Å². The molecule has 0 aromatic heterocycles. The molecule has 0 aromatic rings. The van der Waals surface area contributed by atoms with Gasteiger partial charge in [0.2, 0.25) is 0 Å². The van der Waals surface area contributed by atoms with E-state index in [2.05, 4.69) is 9.31 Å². The third kappa shape index (κ3) is 11.6. The molecule has 0 amide bonds. The largest absolute Gasteiger partial charge is 0.488 e. The van der Waals surface area contributed by atoms with Crippen LogP contribution in [0.5, 0.6) is 0 Å². The maximum absolute atomic E-state index is 11.3. The second-order valence-electron chi connectivity index (χ2n) is 1.95. The molecular formula is C4H4BF6O2. The first-order valence-electron chi connectivity index (χ1n) is 2.89. The van der Waals surface area contributed by atoms with Crippen molar-refractivity contribution < 1.29 is 35.7 Å². The molecule has 13 heavy (non-hydrogen) atoms. The standard InChI is InChI=1S/C4H4BF6O2/c6-3(7,8)1-12-5-13-2-4(9,10)11/h1-2H2. The highest BCUT2D eigenvalue weighted by atomic mass is 19.4. The maximum atomic E-state index is 11.3. The zero-order chi connectivity index (χ0) is 10.5. The first-order chi connectivity index (χ1) is 5.71. The van der Waals surface area contributed by atoms with Crippen molar-refractivity contribution in [2.75, 3.05) is 13.2 Å². The summed E-state index contributed by atoms with van der Waals surface area (Å²) in [5, 5.41) is 0. The van der Waals surface area contributed by atoms with Crippen LogP contribution in [0.1, 0.15) is 0 Å². The molecule has 77 valence electrons. The molecule has 0 spiro atoms. The van der Waals surface area contributed by atoms with E-state index in [0.29, 0.717) is 0 Å². The van der Waals surface area contributed by atoms with Gasteiger partial charge in [0.05, 0.1) is 0 Å². The fraction of sp³-hybridized carbons (Fsp3) is 1.00. The minimum absolute atomic E-state index is 0.0149. The van der Waals surface area contributed by atoms with E-state index in [-0.39, 0.29) is 7.69 Å². The number of halogens is 6. The highest BCUT2D eigenvalue weighted by Crippen LogP contribution is 2.15. The molecule has 0 unspecified atom stereocenters. The summed E-state index contributed by atoms with van der Waals surface area (Å²) in [5.41, 5.74) is 0. The quantitative estimate of drug-likeness (QED) is 0.398. The lowest BCUT2D eigenvalue weighted by atomic mass is 10.4. The molecule has 9 heteroatoms. The third-order valence-corrected chi connectivity index (χ3v) is 0.630. The van der Waals surface area contributed by atoms with Gasteiger partial charge in [0.1, 0.15) is 13.2 Å². The van der Waals surface area contributed by atoms with Crippen LogP contribution in [0, 0.1) is 0 Å². The van der Waals surface area contributed by atoms with Crippen molar-refractivity contribution in [3.63, 3.8) is 0 Å². The summed E-state index contributed by atoms with van der Waals surface area (Å²) in [7, 11) is 0.0149. The first-order valence-corrected chi connectivity index (χ1v) is 2.89. The van der Waals surface area contributed by atoms with Gasteiger partial charge in [-0.1, -0.05) is 0 Å². The molecule has 0 fully saturated rings. The molecule has 0 aliphatic rings. The van der Waals surface area contributed by atoms with E-state index in [1.54, 1.807) is 0 Å². The Balaban J connectivity index is 3.28. The predicted octanol–water partition coefficient (Wildman–Crippen LogP) is 1.68. The molecule has 0 saturated carbocycles. The molecule has 0 saturated heterocycles. The van der Waals surface area contributed by atoms with Crippen LogP contribution in [0.25, 0.3) is 0 Å². The number of rotatable bonds is 4. The lowest BCUT2D eigenvalue weighted by Gasteiger charge is -2.08. The van der Waals surface area contributed by atoms with Crippen molar-refractivity contribution in [2.24, 2.45) is 0 Å². The summed E-state index contributed by atoms with van der Waals surface area (Å²) >= 11 is 0. The highest BCUT2D eigenvalue weighted by molar-refractivity contribution is 6.17. The average Bonchev–Trinajstić information content (AvgIpc) is 1.81. The Hall–Kier alpha value is -0.435. The van der Waals surface area contributed by atoms with Crippen LogP contribution in [0.3, 0.4) is 0 Å². The van der Waals surface area contributed by atoms with Crippen LogP contribution in [0.4, 0.5) is 26.3 Å². The zero-order valence-electron chi connectivity index (χ0n) is 6.08. The van der Waals surface area contributed by atoms with Crippen molar-refractivity contribution in [3.05, 3.63) is 0 Å². The molecule has 0 rings (SSSR count). The second-order valence-corrected chi connectivity index (χ2v) is 1.95. The van der Waals surface area contributed by atoms with Crippen LogP contribution in [-0.4, -0.2) is 33.3 Å². The fourth-order valence-electron chi connectivity index (χ4n) is 0.305. The summed E-state index contributed by atoms with van der Waals surface area (Å²) in [6.45, 7) is -3.35. The molecular weight excluding hydrogens is 205 g/mol. The van der Waals surface area contributed by atoms with Gasteiger partial charge in [-0.05, 0) is 0 Å². The molecule has 1 radical (unpaired) electrons. The van der Waals surface area contributed by atoms with Crippen LogP contribution >= 0.6 is 0 Å². The lowest BCUT2D eigenvalue weighted by Crippen LogP contribution is -2.23. The van der Waals surface area contributed by atoms with E-state index in [9.17, 15) is 26.3 Å². The van der Waals surface area contributed by atoms with Gasteiger partial charge in [0.25, 0.3) is 0 Å². The van der Waals surface area contributed by atoms with Crippen molar-refractivity contribution in [1.82, 2.24) is 0 Å². The Morgan fingerprint density at radius 3 is 1.31 bits per heavy atom. The second kappa shape index (κ2) is 4.70. The monoisotopic (exact) mass is 209 g/mol. The lowest BCUT2D eigenvalue weighted by molar-refractivity contribution is -0.166. The number of alkyl halides is 6. The smallest absolute Gasteiger partial charge is 0.404 e. The Morgan fingerprint density at radius 1 is 0.769 bits per heavy atom. The predicted molar refractivity (Wildman–Crippen MR) is 29.8 cm³/mol. The van der Waals surface area contributed by atoms with Crippen molar-refractivity contribution in [3.8, 4) is 0 Å². The van der Waals surface area contributed by atoms with Gasteiger partial charge in [-0.15, -0.1) is 0 Å². The molecule has 0 heterocycles. The Morgan fingerprint density at radius 2 is 1.08 bits per heavy atom. The van der Waals surface area contributed by atoms with Crippen LogP contribution < -0.4 is 0 Å². The van der Waals surface area contributed by atoms with Gasteiger partial charge in [0.15, 0.2) is 0 Å². The summed E-state index contributed by atoms with van der Waals surface area (Å²) in [6, 6.07) is 0. The molecule has 0 aromatic carbocycles. The molecule has 0 aliphatic heterocycles. The SMILES string of the molecule is FC(F)(F)CO[B]OCC(F)(F)F. The number of hydrogen-bond donors (Lipinski definition) is 0. The van der Waals surface area contributed by atoms with Gasteiger partial charge in [0, 0.05) is 0 Å². The first kappa shape index (κ1) is 12.6. The average molecular weight is 209 g/mol. The minimum Gasteiger partial charge on any atom is -0.404 e. The Bertz CT molecular complexity index is 127. The Kier molecular flexibility index (Phi) is 4.55. The summed E-state index contributed by atoms with van der Waals surface area (Å²) in [5.74, 6) is 0. The van der Waals surface area contributed by atoms with Crippen LogP contribution in [0.2, 0.25) is 0 Å². The van der Waals surface area contributed by atoms with E-state index >= 15 is 0 Å². The van der Waals surface area contributed by atoms with E-state index < -0.39 is 25.6 Å². The van der Waals surface area contributed by atoms with Gasteiger partial charge < -0.3 is 9.31 Å². The van der Waals surface area contributed by atoms with Gasteiger partial charge in [-0.2, -0.15) is 26.3 Å². The van der Waals surface area contributed by atoms with Crippen molar-refractivity contribution >= 4 is 7.69 Å². The van der Waals surface area contributed by atoms with Crippen molar-refractivity contribution in [2.45, 2.75) is 12.4 Å². The molecule has 0 bridgehead atoms. The van der Waals surface area contributed by atoms with Gasteiger partial charge in [-0.25, -0.2) is 0 Å². The topological polar surface area (TPSA) is 18.5 Å². The summed E-state index contributed by atoms with van der Waals surface area (Å²) in [6.07, 6.45) is -9.17. The normalized spacial score (nSPS) is 13.1. The number of hydrogen-bond acceptors (Lipinski definition) is 2. The van der Waals surface area contributed by atoms with Crippen LogP contribution in [0.15, 0.2) is 0 Å². The van der Waals surface area contributed by atoms with E-state index in [4.69, 9.17) is 0 Å². The summed E-state index contributed by atoms with van der Waals surface area (Å²) < 4.78 is 75.0. The Labute approximate surface area is 70.1 Å².